The van der Waals surface area contributed by atoms with Crippen LogP contribution in [0.25, 0.3) is 0 Å². The third-order valence-electron chi connectivity index (χ3n) is 3.58. The lowest BCUT2D eigenvalue weighted by Crippen LogP contribution is -2.30. The van der Waals surface area contributed by atoms with Crippen LogP contribution in [0, 0.1) is 0 Å². The van der Waals surface area contributed by atoms with Gasteiger partial charge in [-0.05, 0) is 41.8 Å². The van der Waals surface area contributed by atoms with Crippen LogP contribution >= 0.6 is 11.6 Å². The first-order chi connectivity index (χ1) is 12.7. The summed E-state index contributed by atoms with van der Waals surface area (Å²) < 4.78 is 27.5. The number of ether oxygens (including phenoxy) is 1. The van der Waals surface area contributed by atoms with Crippen LogP contribution in [0.3, 0.4) is 0 Å². The molecule has 0 unspecified atom stereocenters. The van der Waals surface area contributed by atoms with Gasteiger partial charge in [0.2, 0.25) is 0 Å². The summed E-state index contributed by atoms with van der Waals surface area (Å²) in [6, 6.07) is 13.4. The van der Waals surface area contributed by atoms with E-state index >= 15 is 0 Å². The number of rotatable bonds is 8. The molecule has 6 nitrogen and oxygen atoms in total. The van der Waals surface area contributed by atoms with Gasteiger partial charge in [-0.15, -0.1) is 0 Å². The van der Waals surface area contributed by atoms with Crippen molar-refractivity contribution in [1.29, 1.82) is 0 Å². The molecule has 0 radical (unpaired) electrons. The van der Waals surface area contributed by atoms with E-state index in [1.165, 1.54) is 12.1 Å². The monoisotopic (exact) mass is 409 g/mol. The molecule has 144 valence electrons. The van der Waals surface area contributed by atoms with Crippen molar-refractivity contribution in [1.82, 2.24) is 5.32 Å². The van der Waals surface area contributed by atoms with Crippen molar-refractivity contribution in [2.75, 3.05) is 19.4 Å². The maximum atomic E-state index is 11.9. The molecule has 0 aliphatic heterocycles. The first-order valence-corrected chi connectivity index (χ1v) is 10.6. The van der Waals surface area contributed by atoms with Crippen molar-refractivity contribution in [2.24, 2.45) is 0 Å². The van der Waals surface area contributed by atoms with E-state index in [4.69, 9.17) is 16.3 Å². The number of hydrogen-bond donors (Lipinski definition) is 1. The molecule has 0 atom stereocenters. The molecular weight excluding hydrogens is 390 g/mol. The van der Waals surface area contributed by atoms with Gasteiger partial charge in [-0.3, -0.25) is 4.79 Å². The molecule has 2 rings (SSSR count). The number of esters is 1. The molecular formula is C19H20ClNO5S. The van der Waals surface area contributed by atoms with Crippen molar-refractivity contribution in [3.8, 4) is 0 Å². The van der Waals surface area contributed by atoms with Crippen LogP contribution in [0.2, 0.25) is 5.02 Å². The van der Waals surface area contributed by atoms with Crippen LogP contribution in [-0.4, -0.2) is 39.7 Å². The van der Waals surface area contributed by atoms with Gasteiger partial charge in [0.05, 0.1) is 11.3 Å². The van der Waals surface area contributed by atoms with Crippen molar-refractivity contribution in [3.05, 3.63) is 70.2 Å². The van der Waals surface area contributed by atoms with E-state index in [9.17, 15) is 18.0 Å². The summed E-state index contributed by atoms with van der Waals surface area (Å²) >= 11 is 5.90. The number of halogens is 1. The highest BCUT2D eigenvalue weighted by Crippen LogP contribution is 2.11. The Labute approximate surface area is 163 Å². The van der Waals surface area contributed by atoms with Crippen molar-refractivity contribution < 1.29 is 22.7 Å². The quantitative estimate of drug-likeness (QED) is 0.676. The maximum Gasteiger partial charge on any atom is 0.338 e. The highest BCUT2D eigenvalue weighted by Gasteiger charge is 2.11. The van der Waals surface area contributed by atoms with E-state index in [2.05, 4.69) is 5.32 Å². The van der Waals surface area contributed by atoms with Crippen molar-refractivity contribution >= 4 is 33.3 Å². The molecule has 0 heterocycles. The van der Waals surface area contributed by atoms with Crippen LogP contribution in [0.4, 0.5) is 0 Å². The first-order valence-electron chi connectivity index (χ1n) is 8.18. The molecule has 0 fully saturated rings. The van der Waals surface area contributed by atoms with E-state index in [1.807, 2.05) is 18.2 Å². The molecule has 0 aromatic heterocycles. The number of carbonyl (C=O) groups is 2. The predicted molar refractivity (Wildman–Crippen MR) is 103 cm³/mol. The zero-order valence-electron chi connectivity index (χ0n) is 14.8. The van der Waals surface area contributed by atoms with Gasteiger partial charge in [0.25, 0.3) is 5.91 Å². The molecule has 0 aliphatic rings. The average Bonchev–Trinajstić information content (AvgIpc) is 2.59. The molecule has 0 aliphatic carbocycles. The molecule has 2 aromatic carbocycles. The fraction of sp³-hybridized carbons (Fsp3) is 0.263. The van der Waals surface area contributed by atoms with Gasteiger partial charge in [0.15, 0.2) is 16.4 Å². The third kappa shape index (κ3) is 7.80. The number of hydrogen-bond acceptors (Lipinski definition) is 5. The summed E-state index contributed by atoms with van der Waals surface area (Å²) in [5, 5.41) is 3.30. The lowest BCUT2D eigenvalue weighted by atomic mass is 10.1. The summed E-state index contributed by atoms with van der Waals surface area (Å²) in [6.45, 7) is 0.0103. The summed E-state index contributed by atoms with van der Waals surface area (Å²) in [5.74, 6) is -1.15. The van der Waals surface area contributed by atoms with Crippen LogP contribution in [0.5, 0.6) is 0 Å². The van der Waals surface area contributed by atoms with E-state index in [0.29, 0.717) is 23.6 Å². The molecule has 0 spiro atoms. The topological polar surface area (TPSA) is 89.5 Å². The summed E-state index contributed by atoms with van der Waals surface area (Å²) in [7, 11) is -3.14. The number of carbonyl (C=O) groups excluding carboxylic acids is 2. The Balaban J connectivity index is 1.75. The third-order valence-corrected chi connectivity index (χ3v) is 4.67. The van der Waals surface area contributed by atoms with Gasteiger partial charge >= 0.3 is 5.97 Å². The second-order valence-corrected chi connectivity index (χ2v) is 8.65. The van der Waals surface area contributed by atoms with Crippen molar-refractivity contribution in [2.45, 2.75) is 12.2 Å². The summed E-state index contributed by atoms with van der Waals surface area (Å²) in [6.07, 6.45) is 1.75. The molecule has 0 saturated heterocycles. The van der Waals surface area contributed by atoms with Gasteiger partial charge in [-0.2, -0.15) is 0 Å². The van der Waals surface area contributed by atoms with Gasteiger partial charge in [-0.1, -0.05) is 35.9 Å². The SMILES string of the molecule is CS(=O)(=O)Cc1ccc(C(=O)OCC(=O)NCCc2cccc(Cl)c2)cc1. The lowest BCUT2D eigenvalue weighted by molar-refractivity contribution is -0.124. The Morgan fingerprint density at radius 2 is 1.78 bits per heavy atom. The summed E-state index contributed by atoms with van der Waals surface area (Å²) in [4.78, 5) is 23.7. The van der Waals surface area contributed by atoms with Gasteiger partial charge < -0.3 is 10.1 Å². The lowest BCUT2D eigenvalue weighted by Gasteiger charge is -2.07. The number of benzene rings is 2. The van der Waals surface area contributed by atoms with Crippen LogP contribution in [0.15, 0.2) is 48.5 Å². The molecule has 0 bridgehead atoms. The molecule has 2 aromatic rings. The van der Waals surface area contributed by atoms with E-state index in [1.54, 1.807) is 18.2 Å². The average molecular weight is 410 g/mol. The van der Waals surface area contributed by atoms with Gasteiger partial charge in [-0.25, -0.2) is 13.2 Å². The normalized spacial score (nSPS) is 11.0. The minimum atomic E-state index is -3.14. The largest absolute Gasteiger partial charge is 0.452 e. The van der Waals surface area contributed by atoms with Gasteiger partial charge in [0.1, 0.15) is 0 Å². The Morgan fingerprint density at radius 1 is 1.07 bits per heavy atom. The number of amides is 1. The zero-order valence-corrected chi connectivity index (χ0v) is 16.3. The Bertz CT molecular complexity index is 910. The molecule has 1 N–H and O–H groups in total. The second kappa shape index (κ2) is 9.53. The summed E-state index contributed by atoms with van der Waals surface area (Å²) in [5.41, 5.74) is 1.82. The molecule has 1 amide bonds. The smallest absolute Gasteiger partial charge is 0.338 e. The van der Waals surface area contributed by atoms with Crippen LogP contribution < -0.4 is 5.32 Å². The fourth-order valence-electron chi connectivity index (χ4n) is 2.34. The Hall–Kier alpha value is -2.38. The number of sulfone groups is 1. The molecule has 8 heteroatoms. The highest BCUT2D eigenvalue weighted by atomic mass is 35.5. The van der Waals surface area contributed by atoms with Gasteiger partial charge in [0, 0.05) is 17.8 Å². The minimum absolute atomic E-state index is 0.0998. The molecule has 27 heavy (non-hydrogen) atoms. The van der Waals surface area contributed by atoms with E-state index in [-0.39, 0.29) is 17.9 Å². The van der Waals surface area contributed by atoms with Crippen LogP contribution in [0.1, 0.15) is 21.5 Å². The second-order valence-electron chi connectivity index (χ2n) is 6.07. The Morgan fingerprint density at radius 3 is 2.41 bits per heavy atom. The zero-order chi connectivity index (χ0) is 19.9. The fourth-order valence-corrected chi connectivity index (χ4v) is 3.35. The standard InChI is InChI=1S/C19H20ClNO5S/c1-27(24,25)13-15-5-7-16(8-6-15)19(23)26-12-18(22)21-10-9-14-3-2-4-17(20)11-14/h2-8,11H,9-10,12-13H2,1H3,(H,21,22). The number of nitrogens with one attached hydrogen (secondary N) is 1. The van der Waals surface area contributed by atoms with Crippen molar-refractivity contribution in [3.63, 3.8) is 0 Å². The van der Waals surface area contributed by atoms with E-state index < -0.39 is 21.7 Å². The minimum Gasteiger partial charge on any atom is -0.452 e. The van der Waals surface area contributed by atoms with E-state index in [0.717, 1.165) is 11.8 Å². The molecule has 0 saturated carbocycles. The van der Waals surface area contributed by atoms with Crippen LogP contribution in [-0.2, 0) is 31.5 Å². The first kappa shape index (κ1) is 20.9. The highest BCUT2D eigenvalue weighted by molar-refractivity contribution is 7.89. The maximum absolute atomic E-state index is 11.9. The predicted octanol–water partition coefficient (Wildman–Crippen LogP) is 2.40. The Kier molecular flexibility index (Phi) is 7.38.